The third-order valence-corrected chi connectivity index (χ3v) is 4.79. The largest absolute Gasteiger partial charge is 0.369 e. The number of ether oxygens (including phenoxy) is 1. The lowest BCUT2D eigenvalue weighted by molar-refractivity contribution is 0.0733. The van der Waals surface area contributed by atoms with Crippen LogP contribution >= 0.6 is 0 Å². The van der Waals surface area contributed by atoms with Crippen LogP contribution in [0, 0.1) is 11.8 Å². The van der Waals surface area contributed by atoms with Crippen LogP contribution in [0.4, 0.5) is 0 Å². The molecule has 2 aliphatic rings. The number of allylic oxidation sites excluding steroid dienone is 3. The van der Waals surface area contributed by atoms with Crippen LogP contribution in [0.3, 0.4) is 0 Å². The van der Waals surface area contributed by atoms with E-state index in [2.05, 4.69) is 67.6 Å². The summed E-state index contributed by atoms with van der Waals surface area (Å²) >= 11 is 0. The van der Waals surface area contributed by atoms with Crippen molar-refractivity contribution in [3.05, 3.63) is 71.8 Å². The fourth-order valence-electron chi connectivity index (χ4n) is 3.64. The van der Waals surface area contributed by atoms with Crippen LogP contribution in [0.1, 0.15) is 18.9 Å². The zero-order valence-electron chi connectivity index (χ0n) is 12.3. The minimum atomic E-state index is 0.212. The van der Waals surface area contributed by atoms with Gasteiger partial charge in [0.25, 0.3) is 0 Å². The van der Waals surface area contributed by atoms with Gasteiger partial charge in [0.2, 0.25) is 0 Å². The molecular weight excluding hydrogens is 256 g/mol. The number of hydrogen-bond donors (Lipinski definition) is 0. The molecule has 0 saturated heterocycles. The first kappa shape index (κ1) is 12.8. The lowest BCUT2D eigenvalue weighted by Crippen LogP contribution is -2.15. The maximum Gasteiger partial charge on any atom is 0.0767 e. The molecular formula is C20H20O. The van der Waals surface area contributed by atoms with Crippen molar-refractivity contribution >= 4 is 10.8 Å². The van der Waals surface area contributed by atoms with E-state index in [9.17, 15) is 0 Å². The molecule has 0 fully saturated rings. The topological polar surface area (TPSA) is 9.23 Å². The third-order valence-electron chi connectivity index (χ3n) is 4.79. The summed E-state index contributed by atoms with van der Waals surface area (Å²) in [4.78, 5) is 0. The Morgan fingerprint density at radius 1 is 1.10 bits per heavy atom. The minimum Gasteiger partial charge on any atom is -0.369 e. The van der Waals surface area contributed by atoms with Crippen molar-refractivity contribution in [3.8, 4) is 0 Å². The molecule has 2 aromatic carbocycles. The van der Waals surface area contributed by atoms with Crippen LogP contribution in [0.25, 0.3) is 10.8 Å². The molecule has 21 heavy (non-hydrogen) atoms. The number of benzene rings is 2. The van der Waals surface area contributed by atoms with Crippen molar-refractivity contribution in [2.45, 2.75) is 26.1 Å². The van der Waals surface area contributed by atoms with E-state index in [0.29, 0.717) is 18.4 Å². The molecule has 3 atom stereocenters. The van der Waals surface area contributed by atoms with Crippen LogP contribution in [0.5, 0.6) is 0 Å². The van der Waals surface area contributed by atoms with E-state index in [1.807, 2.05) is 0 Å². The van der Waals surface area contributed by atoms with E-state index in [1.54, 1.807) is 0 Å². The van der Waals surface area contributed by atoms with Gasteiger partial charge in [-0.25, -0.2) is 0 Å². The highest BCUT2D eigenvalue weighted by molar-refractivity contribution is 5.85. The lowest BCUT2D eigenvalue weighted by Gasteiger charge is -2.19. The molecule has 0 radical (unpaired) electrons. The molecule has 106 valence electrons. The van der Waals surface area contributed by atoms with Gasteiger partial charge in [-0.05, 0) is 41.2 Å². The second kappa shape index (κ2) is 5.16. The second-order valence-corrected chi connectivity index (χ2v) is 6.15. The van der Waals surface area contributed by atoms with Crippen molar-refractivity contribution in [2.75, 3.05) is 0 Å². The van der Waals surface area contributed by atoms with E-state index in [4.69, 9.17) is 4.74 Å². The van der Waals surface area contributed by atoms with Crippen LogP contribution < -0.4 is 0 Å². The van der Waals surface area contributed by atoms with Crippen molar-refractivity contribution < 1.29 is 4.74 Å². The van der Waals surface area contributed by atoms with Gasteiger partial charge in [0.05, 0.1) is 12.7 Å². The van der Waals surface area contributed by atoms with Gasteiger partial charge < -0.3 is 4.74 Å². The maximum atomic E-state index is 6.17. The Hall–Kier alpha value is -1.86. The summed E-state index contributed by atoms with van der Waals surface area (Å²) in [5.74, 6) is 1.28. The first-order valence-corrected chi connectivity index (χ1v) is 7.79. The Bertz CT molecular complexity index is 720. The zero-order chi connectivity index (χ0) is 14.2. The monoisotopic (exact) mass is 276 g/mol. The lowest BCUT2D eigenvalue weighted by atomic mass is 9.98. The highest BCUT2D eigenvalue weighted by atomic mass is 16.5. The Balaban J connectivity index is 1.50. The average Bonchev–Trinajstić information content (AvgIpc) is 3.15. The summed E-state index contributed by atoms with van der Waals surface area (Å²) < 4.78 is 6.17. The molecule has 1 heteroatoms. The first-order valence-electron chi connectivity index (χ1n) is 7.79. The van der Waals surface area contributed by atoms with Gasteiger partial charge in [-0.2, -0.15) is 0 Å². The Labute approximate surface area is 125 Å². The molecule has 2 bridgehead atoms. The van der Waals surface area contributed by atoms with Crippen LogP contribution in [-0.4, -0.2) is 6.10 Å². The van der Waals surface area contributed by atoms with Crippen LogP contribution in [-0.2, 0) is 11.3 Å². The van der Waals surface area contributed by atoms with E-state index in [0.717, 1.165) is 0 Å². The van der Waals surface area contributed by atoms with E-state index >= 15 is 0 Å². The first-order chi connectivity index (χ1) is 10.3. The number of fused-ring (bicyclic) bond motifs is 3. The van der Waals surface area contributed by atoms with Gasteiger partial charge in [-0.15, -0.1) is 0 Å². The standard InChI is InChI=1S/C20H20O/c1-14(20-12-15-9-10-17(20)11-15)21-13-18-7-4-6-16-5-2-3-8-19(16)18/h2-10,12,14-15,17H,11,13H2,1H3. The predicted octanol–water partition coefficient (Wildman–Crippen LogP) is 4.88. The molecule has 0 amide bonds. The molecule has 0 N–H and O–H groups in total. The normalized spacial score (nSPS) is 24.5. The SMILES string of the molecule is CC(OCc1cccc2ccccc12)C1=CC2C=CC1C2. The van der Waals surface area contributed by atoms with Crippen molar-refractivity contribution in [1.29, 1.82) is 0 Å². The third kappa shape index (κ3) is 2.32. The summed E-state index contributed by atoms with van der Waals surface area (Å²) in [5, 5.41) is 2.59. The molecule has 0 saturated carbocycles. The van der Waals surface area contributed by atoms with Crippen molar-refractivity contribution in [1.82, 2.24) is 0 Å². The maximum absolute atomic E-state index is 6.17. The average molecular weight is 276 g/mol. The molecule has 0 spiro atoms. The van der Waals surface area contributed by atoms with Crippen molar-refractivity contribution in [2.24, 2.45) is 11.8 Å². The summed E-state index contributed by atoms with van der Waals surface area (Å²) in [6.07, 6.45) is 8.54. The second-order valence-electron chi connectivity index (χ2n) is 6.15. The molecule has 0 aliphatic heterocycles. The number of rotatable bonds is 4. The van der Waals surface area contributed by atoms with Crippen LogP contribution in [0.2, 0.25) is 0 Å². The number of hydrogen-bond acceptors (Lipinski definition) is 1. The quantitative estimate of drug-likeness (QED) is 0.723. The summed E-state index contributed by atoms with van der Waals surface area (Å²) in [7, 11) is 0. The van der Waals surface area contributed by atoms with Crippen molar-refractivity contribution in [3.63, 3.8) is 0 Å². The highest BCUT2D eigenvalue weighted by Crippen LogP contribution is 2.40. The van der Waals surface area contributed by atoms with Crippen LogP contribution in [0.15, 0.2) is 66.3 Å². The predicted molar refractivity (Wildman–Crippen MR) is 87.0 cm³/mol. The summed E-state index contributed by atoms with van der Waals surface area (Å²) in [6.45, 7) is 2.87. The zero-order valence-corrected chi connectivity index (χ0v) is 12.3. The van der Waals surface area contributed by atoms with E-state index < -0.39 is 0 Å². The van der Waals surface area contributed by atoms with E-state index in [-0.39, 0.29) is 6.10 Å². The molecule has 3 unspecified atom stereocenters. The summed E-state index contributed by atoms with van der Waals surface area (Å²) in [6, 6.07) is 15.0. The fraction of sp³-hybridized carbons (Fsp3) is 0.300. The molecule has 4 rings (SSSR count). The Morgan fingerprint density at radius 2 is 1.95 bits per heavy atom. The van der Waals surface area contributed by atoms with Gasteiger partial charge in [0.1, 0.15) is 0 Å². The van der Waals surface area contributed by atoms with Gasteiger partial charge in [0, 0.05) is 5.92 Å². The smallest absolute Gasteiger partial charge is 0.0767 e. The van der Waals surface area contributed by atoms with E-state index in [1.165, 1.54) is 28.3 Å². The molecule has 2 aliphatic carbocycles. The van der Waals surface area contributed by atoms with Gasteiger partial charge >= 0.3 is 0 Å². The molecule has 0 aromatic heterocycles. The highest BCUT2D eigenvalue weighted by Gasteiger charge is 2.31. The van der Waals surface area contributed by atoms with Gasteiger partial charge in [-0.3, -0.25) is 0 Å². The Kier molecular flexibility index (Phi) is 3.16. The fourth-order valence-corrected chi connectivity index (χ4v) is 3.64. The summed E-state index contributed by atoms with van der Waals surface area (Å²) in [5.41, 5.74) is 2.75. The Morgan fingerprint density at radius 3 is 2.76 bits per heavy atom. The minimum absolute atomic E-state index is 0.212. The molecule has 0 heterocycles. The molecule has 2 aromatic rings. The molecule has 1 nitrogen and oxygen atoms in total. The van der Waals surface area contributed by atoms with Gasteiger partial charge in [-0.1, -0.05) is 60.7 Å². The van der Waals surface area contributed by atoms with Gasteiger partial charge in [0.15, 0.2) is 0 Å².